The molecule has 0 saturated heterocycles. The monoisotopic (exact) mass is 336 g/mol. The molecule has 124 valence electrons. The number of hydrogen-bond donors (Lipinski definition) is 1. The van der Waals surface area contributed by atoms with Crippen LogP contribution in [0.3, 0.4) is 0 Å². The quantitative estimate of drug-likeness (QED) is 0.466. The van der Waals surface area contributed by atoms with Crippen molar-refractivity contribution < 1.29 is 0 Å². The van der Waals surface area contributed by atoms with Gasteiger partial charge in [-0.25, -0.2) is 0 Å². The van der Waals surface area contributed by atoms with Crippen molar-refractivity contribution in [2.75, 3.05) is 0 Å². The molecule has 0 amide bonds. The van der Waals surface area contributed by atoms with Crippen molar-refractivity contribution in [3.05, 3.63) is 0 Å². The third-order valence-electron chi connectivity index (χ3n) is 9.85. The summed E-state index contributed by atoms with van der Waals surface area (Å²) in [4.78, 5) is 1.42. The summed E-state index contributed by atoms with van der Waals surface area (Å²) in [7, 11) is 0. The number of thiol groups is 1. The van der Waals surface area contributed by atoms with Crippen LogP contribution in [-0.4, -0.2) is 10.1 Å². The lowest BCUT2D eigenvalue weighted by molar-refractivity contribution is 0.132. The Hall–Kier alpha value is 0.440. The van der Waals surface area contributed by atoms with Gasteiger partial charge in [0.2, 0.25) is 0 Å². The molecule has 4 aliphatic rings. The van der Waals surface area contributed by atoms with Crippen molar-refractivity contribution in [2.45, 2.75) is 72.5 Å². The zero-order chi connectivity index (χ0) is 16.3. The van der Waals surface area contributed by atoms with Gasteiger partial charge < -0.3 is 0 Å². The van der Waals surface area contributed by atoms with Crippen LogP contribution < -0.4 is 0 Å². The van der Waals surface area contributed by atoms with Crippen LogP contribution in [0.1, 0.15) is 67.2 Å². The maximum atomic E-state index is 6.14. The Balaban J connectivity index is 1.78. The normalized spacial score (nSPS) is 57.8. The first kappa shape index (κ1) is 15.9. The lowest BCUT2D eigenvalue weighted by Crippen LogP contribution is -2.41. The van der Waals surface area contributed by atoms with Crippen LogP contribution in [0.25, 0.3) is 0 Å². The molecule has 4 saturated carbocycles. The van der Waals surface area contributed by atoms with Crippen molar-refractivity contribution in [2.24, 2.45) is 45.3 Å². The average molecular weight is 337 g/mol. The van der Waals surface area contributed by atoms with Gasteiger partial charge in [-0.15, -0.1) is 0 Å². The third-order valence-corrected chi connectivity index (χ3v) is 11.5. The number of thiocarbonyl (C=S) groups is 1. The Morgan fingerprint density at radius 3 is 1.95 bits per heavy atom. The van der Waals surface area contributed by atoms with Crippen molar-refractivity contribution in [1.29, 1.82) is 0 Å². The molecule has 0 aliphatic heterocycles. The van der Waals surface area contributed by atoms with Crippen molar-refractivity contribution in [3.8, 4) is 0 Å². The Morgan fingerprint density at radius 2 is 1.50 bits per heavy atom. The molecule has 0 heterocycles. The van der Waals surface area contributed by atoms with Gasteiger partial charge in [0.25, 0.3) is 0 Å². The first-order valence-corrected chi connectivity index (χ1v) is 10.1. The van der Waals surface area contributed by atoms with Crippen LogP contribution in [0.15, 0.2) is 0 Å². The van der Waals surface area contributed by atoms with Crippen LogP contribution in [0.4, 0.5) is 0 Å². The lowest BCUT2D eigenvalue weighted by atomic mass is 9.68. The van der Waals surface area contributed by atoms with E-state index in [2.05, 4.69) is 41.5 Å². The molecule has 4 bridgehead atoms. The fourth-order valence-corrected chi connectivity index (χ4v) is 9.00. The molecule has 0 radical (unpaired) electrons. The SMILES string of the molecule is CC1(C)[C@@H]2CC[C@@]1(C)C(=S)[C@@H]2[C@@H]1[C@H]2CC[C@@](C)([C@@H]1S)C2(C)C. The second-order valence-electron chi connectivity index (χ2n) is 10.4. The highest BCUT2D eigenvalue weighted by atomic mass is 32.1. The van der Waals surface area contributed by atoms with Gasteiger partial charge in [-0.2, -0.15) is 12.6 Å². The summed E-state index contributed by atoms with van der Waals surface area (Å²) in [6.45, 7) is 15.0. The molecule has 2 heteroatoms. The van der Waals surface area contributed by atoms with Crippen LogP contribution in [0, 0.1) is 45.3 Å². The molecule has 0 unspecified atom stereocenters. The Morgan fingerprint density at radius 1 is 0.909 bits per heavy atom. The largest absolute Gasteiger partial charge is 0.175 e. The van der Waals surface area contributed by atoms with E-state index in [4.69, 9.17) is 24.8 Å². The van der Waals surface area contributed by atoms with Gasteiger partial charge in [0, 0.05) is 15.5 Å². The number of fused-ring (bicyclic) bond motifs is 4. The van der Waals surface area contributed by atoms with E-state index in [0.717, 1.165) is 17.8 Å². The van der Waals surface area contributed by atoms with E-state index in [1.165, 1.54) is 30.5 Å². The fraction of sp³-hybridized carbons (Fsp3) is 0.950. The molecule has 0 aromatic heterocycles. The summed E-state index contributed by atoms with van der Waals surface area (Å²) >= 11 is 11.4. The first-order valence-electron chi connectivity index (χ1n) is 9.22. The van der Waals surface area contributed by atoms with E-state index in [0.29, 0.717) is 27.4 Å². The van der Waals surface area contributed by atoms with Gasteiger partial charge >= 0.3 is 0 Å². The van der Waals surface area contributed by atoms with Crippen molar-refractivity contribution in [3.63, 3.8) is 0 Å². The van der Waals surface area contributed by atoms with Gasteiger partial charge in [0.05, 0.1) is 0 Å². The van der Waals surface area contributed by atoms with Crippen LogP contribution >= 0.6 is 24.8 Å². The highest BCUT2D eigenvalue weighted by Gasteiger charge is 2.72. The summed E-state index contributed by atoms with van der Waals surface area (Å²) in [5.41, 5.74) is 1.49. The second-order valence-corrected chi connectivity index (χ2v) is 11.4. The van der Waals surface area contributed by atoms with Crippen molar-refractivity contribution >= 4 is 29.7 Å². The minimum atomic E-state index is 0.290. The molecule has 0 nitrogen and oxygen atoms in total. The minimum Gasteiger partial charge on any atom is -0.175 e. The standard InChI is InChI=1S/C20H32S2/c1-17(2)11-7-9-19(17,5)15(21)13(11)14-12-8-10-20(6,16(14)22)18(12,3)4/h11-15,21H,7-10H2,1-6H3/t11-,12-,13+,14+,15-,19+,20+/m1/s1. The smallest absolute Gasteiger partial charge is 0.0113 e. The molecular weight excluding hydrogens is 304 g/mol. The Bertz CT molecular complexity index is 548. The molecule has 0 spiro atoms. The first-order chi connectivity index (χ1) is 10.00. The zero-order valence-electron chi connectivity index (χ0n) is 15.1. The van der Waals surface area contributed by atoms with Crippen LogP contribution in [0.5, 0.6) is 0 Å². The van der Waals surface area contributed by atoms with E-state index >= 15 is 0 Å². The molecule has 0 N–H and O–H groups in total. The lowest BCUT2D eigenvalue weighted by Gasteiger charge is -2.41. The topological polar surface area (TPSA) is 0 Å². The van der Waals surface area contributed by atoms with Gasteiger partial charge in [-0.05, 0) is 65.6 Å². The molecule has 4 fully saturated rings. The zero-order valence-corrected chi connectivity index (χ0v) is 16.8. The van der Waals surface area contributed by atoms with Gasteiger partial charge in [0.1, 0.15) is 0 Å². The average Bonchev–Trinajstić information content (AvgIpc) is 2.90. The highest BCUT2D eigenvalue weighted by Crippen LogP contribution is 2.75. The van der Waals surface area contributed by atoms with Gasteiger partial charge in [0.15, 0.2) is 0 Å². The number of rotatable bonds is 1. The maximum absolute atomic E-state index is 6.14. The van der Waals surface area contributed by atoms with Crippen molar-refractivity contribution in [1.82, 2.24) is 0 Å². The summed E-state index contributed by atoms with van der Waals surface area (Å²) in [6.07, 6.45) is 5.46. The minimum absolute atomic E-state index is 0.290. The molecule has 0 aromatic carbocycles. The summed E-state index contributed by atoms with van der Waals surface area (Å²) < 4.78 is 0. The maximum Gasteiger partial charge on any atom is 0.0113 e. The fourth-order valence-electron chi connectivity index (χ4n) is 7.46. The molecular formula is C20H32S2. The van der Waals surface area contributed by atoms with E-state index in [1.54, 1.807) is 0 Å². The molecule has 0 aromatic rings. The number of hydrogen-bond acceptors (Lipinski definition) is 2. The predicted octanol–water partition coefficient (Wildman–Crippen LogP) is 5.80. The third kappa shape index (κ3) is 1.39. The van der Waals surface area contributed by atoms with E-state index < -0.39 is 0 Å². The summed E-state index contributed by atoms with van der Waals surface area (Å²) in [5.74, 6) is 2.98. The molecule has 7 atom stereocenters. The van der Waals surface area contributed by atoms with E-state index in [1.807, 2.05) is 0 Å². The van der Waals surface area contributed by atoms with Crippen LogP contribution in [-0.2, 0) is 0 Å². The molecule has 22 heavy (non-hydrogen) atoms. The predicted molar refractivity (Wildman–Crippen MR) is 102 cm³/mol. The molecule has 4 aliphatic carbocycles. The summed E-state index contributed by atoms with van der Waals surface area (Å²) in [5, 5.41) is 0.531. The van der Waals surface area contributed by atoms with Gasteiger partial charge in [-0.1, -0.05) is 53.8 Å². The Labute approximate surface area is 147 Å². The van der Waals surface area contributed by atoms with Gasteiger partial charge in [-0.3, -0.25) is 0 Å². The second kappa shape index (κ2) is 4.15. The Kier molecular flexibility index (Phi) is 3.01. The van der Waals surface area contributed by atoms with E-state index in [-0.39, 0.29) is 5.41 Å². The highest BCUT2D eigenvalue weighted by molar-refractivity contribution is 7.81. The summed E-state index contributed by atoms with van der Waals surface area (Å²) in [6, 6.07) is 0. The van der Waals surface area contributed by atoms with E-state index in [9.17, 15) is 0 Å². The molecule has 4 rings (SSSR count). The van der Waals surface area contributed by atoms with Crippen LogP contribution in [0.2, 0.25) is 0 Å².